The molecular formula is C16H23BrN4. The van der Waals surface area contributed by atoms with E-state index in [1.807, 2.05) is 11.6 Å². The number of hydrogen-bond donors (Lipinski definition) is 1. The molecule has 0 spiro atoms. The number of hydrogen-bond acceptors (Lipinski definition) is 3. The van der Waals surface area contributed by atoms with Crippen molar-refractivity contribution in [3.05, 3.63) is 39.3 Å². The fourth-order valence-corrected chi connectivity index (χ4v) is 2.53. The molecule has 4 nitrogen and oxygen atoms in total. The summed E-state index contributed by atoms with van der Waals surface area (Å²) in [6.45, 7) is 10.3. The molecule has 0 amide bonds. The van der Waals surface area contributed by atoms with Gasteiger partial charge in [-0.1, -0.05) is 13.8 Å². The van der Waals surface area contributed by atoms with Crippen LogP contribution in [0.1, 0.15) is 42.9 Å². The summed E-state index contributed by atoms with van der Waals surface area (Å²) < 4.78 is 2.97. The lowest BCUT2D eigenvalue weighted by Crippen LogP contribution is -2.15. The van der Waals surface area contributed by atoms with Crippen molar-refractivity contribution >= 4 is 15.9 Å². The molecule has 21 heavy (non-hydrogen) atoms. The number of nitrogens with one attached hydrogen (secondary N) is 1. The topological polar surface area (TPSA) is 42.7 Å². The number of pyridine rings is 1. The van der Waals surface area contributed by atoms with E-state index in [9.17, 15) is 0 Å². The lowest BCUT2D eigenvalue weighted by Gasteiger charge is -2.10. The van der Waals surface area contributed by atoms with Crippen LogP contribution < -0.4 is 5.32 Å². The third-order valence-corrected chi connectivity index (χ3v) is 4.61. The van der Waals surface area contributed by atoms with E-state index in [0.717, 1.165) is 53.3 Å². The van der Waals surface area contributed by atoms with E-state index in [2.05, 4.69) is 59.2 Å². The Morgan fingerprint density at radius 2 is 2.00 bits per heavy atom. The average Bonchev–Trinajstić information content (AvgIpc) is 2.75. The molecular weight excluding hydrogens is 328 g/mol. The number of aryl methyl sites for hydroxylation is 2. The first kappa shape index (κ1) is 16.2. The first-order valence-electron chi connectivity index (χ1n) is 7.49. The minimum Gasteiger partial charge on any atom is -0.313 e. The first-order chi connectivity index (χ1) is 10.1. The highest BCUT2D eigenvalue weighted by molar-refractivity contribution is 9.10. The zero-order chi connectivity index (χ0) is 15.4. The summed E-state index contributed by atoms with van der Waals surface area (Å²) in [6.07, 6.45) is 2.07. The Bertz CT molecular complexity index is 619. The number of halogens is 1. The van der Waals surface area contributed by atoms with Crippen LogP contribution in [0.2, 0.25) is 0 Å². The van der Waals surface area contributed by atoms with Gasteiger partial charge in [-0.25, -0.2) is 9.67 Å². The molecule has 2 rings (SSSR count). The second-order valence-electron chi connectivity index (χ2n) is 5.25. The van der Waals surface area contributed by atoms with Gasteiger partial charge in [0.2, 0.25) is 0 Å². The highest BCUT2D eigenvalue weighted by Crippen LogP contribution is 2.23. The van der Waals surface area contributed by atoms with Crippen LogP contribution in [0.4, 0.5) is 0 Å². The van der Waals surface area contributed by atoms with Crippen molar-refractivity contribution in [3.8, 4) is 5.82 Å². The zero-order valence-corrected chi connectivity index (χ0v) is 14.8. The van der Waals surface area contributed by atoms with Gasteiger partial charge in [0.1, 0.15) is 0 Å². The average molecular weight is 351 g/mol. The maximum atomic E-state index is 4.72. The summed E-state index contributed by atoms with van der Waals surface area (Å²) in [6, 6.07) is 4.29. The molecule has 0 aliphatic carbocycles. The van der Waals surface area contributed by atoms with Gasteiger partial charge >= 0.3 is 0 Å². The van der Waals surface area contributed by atoms with Gasteiger partial charge in [0.15, 0.2) is 5.82 Å². The Morgan fingerprint density at radius 3 is 2.57 bits per heavy atom. The number of rotatable bonds is 6. The number of aromatic nitrogens is 3. The molecule has 0 atom stereocenters. The zero-order valence-electron chi connectivity index (χ0n) is 13.2. The van der Waals surface area contributed by atoms with E-state index in [-0.39, 0.29) is 0 Å². The van der Waals surface area contributed by atoms with Crippen LogP contribution in [0.3, 0.4) is 0 Å². The second kappa shape index (κ2) is 7.18. The van der Waals surface area contributed by atoms with Crippen LogP contribution in [0.15, 0.2) is 16.6 Å². The molecule has 2 aromatic rings. The van der Waals surface area contributed by atoms with Crippen molar-refractivity contribution in [2.45, 2.75) is 47.1 Å². The first-order valence-corrected chi connectivity index (χ1v) is 8.28. The SMILES string of the molecule is CCCNCc1cc(CC)nc(-n2nc(C)c(Br)c2C)c1. The van der Waals surface area contributed by atoms with Crippen LogP contribution in [0.25, 0.3) is 5.82 Å². The van der Waals surface area contributed by atoms with Crippen molar-refractivity contribution in [2.24, 2.45) is 0 Å². The third-order valence-electron chi connectivity index (χ3n) is 3.46. The van der Waals surface area contributed by atoms with Gasteiger partial charge in [0.05, 0.1) is 15.9 Å². The minimum absolute atomic E-state index is 0.872. The van der Waals surface area contributed by atoms with Crippen LogP contribution >= 0.6 is 15.9 Å². The van der Waals surface area contributed by atoms with E-state index in [1.54, 1.807) is 0 Å². The monoisotopic (exact) mass is 350 g/mol. The summed E-state index contributed by atoms with van der Waals surface area (Å²) in [7, 11) is 0. The number of nitrogens with zero attached hydrogens (tertiary/aromatic N) is 3. The lowest BCUT2D eigenvalue weighted by atomic mass is 10.2. The van der Waals surface area contributed by atoms with Gasteiger partial charge in [-0.05, 0) is 66.9 Å². The molecule has 2 aromatic heterocycles. The highest BCUT2D eigenvalue weighted by Gasteiger charge is 2.12. The predicted molar refractivity (Wildman–Crippen MR) is 89.9 cm³/mol. The normalized spacial score (nSPS) is 11.1. The second-order valence-corrected chi connectivity index (χ2v) is 6.04. The molecule has 114 valence electrons. The summed E-state index contributed by atoms with van der Waals surface area (Å²) in [5.74, 6) is 0.897. The van der Waals surface area contributed by atoms with Gasteiger partial charge in [0.25, 0.3) is 0 Å². The highest BCUT2D eigenvalue weighted by atomic mass is 79.9. The maximum absolute atomic E-state index is 4.72. The fourth-order valence-electron chi connectivity index (χ4n) is 2.28. The van der Waals surface area contributed by atoms with Crippen LogP contribution in [0, 0.1) is 13.8 Å². The lowest BCUT2D eigenvalue weighted by molar-refractivity contribution is 0.672. The minimum atomic E-state index is 0.872. The Hall–Kier alpha value is -1.20. The molecule has 0 bridgehead atoms. The van der Waals surface area contributed by atoms with Gasteiger partial charge in [0, 0.05) is 12.2 Å². The summed E-state index contributed by atoms with van der Waals surface area (Å²) in [4.78, 5) is 4.72. The molecule has 0 fully saturated rings. The van der Waals surface area contributed by atoms with E-state index < -0.39 is 0 Å². The van der Waals surface area contributed by atoms with Crippen molar-refractivity contribution in [1.29, 1.82) is 0 Å². The Labute approximate surface area is 135 Å². The maximum Gasteiger partial charge on any atom is 0.154 e. The van der Waals surface area contributed by atoms with Crippen molar-refractivity contribution in [3.63, 3.8) is 0 Å². The summed E-state index contributed by atoms with van der Waals surface area (Å²) >= 11 is 3.58. The van der Waals surface area contributed by atoms with E-state index in [1.165, 1.54) is 5.56 Å². The van der Waals surface area contributed by atoms with Crippen LogP contribution in [0.5, 0.6) is 0 Å². The fraction of sp³-hybridized carbons (Fsp3) is 0.500. The molecule has 0 unspecified atom stereocenters. The molecule has 0 radical (unpaired) electrons. The van der Waals surface area contributed by atoms with Gasteiger partial charge in [-0.3, -0.25) is 0 Å². The molecule has 0 aromatic carbocycles. The molecule has 1 N–H and O–H groups in total. The summed E-state index contributed by atoms with van der Waals surface area (Å²) in [5, 5.41) is 8.03. The molecule has 0 aliphatic heterocycles. The van der Waals surface area contributed by atoms with Crippen molar-refractivity contribution in [1.82, 2.24) is 20.1 Å². The van der Waals surface area contributed by atoms with E-state index in [0.29, 0.717) is 0 Å². The van der Waals surface area contributed by atoms with Crippen LogP contribution in [-0.4, -0.2) is 21.3 Å². The quantitative estimate of drug-likeness (QED) is 0.807. The van der Waals surface area contributed by atoms with Gasteiger partial charge in [-0.2, -0.15) is 5.10 Å². The van der Waals surface area contributed by atoms with Crippen molar-refractivity contribution in [2.75, 3.05) is 6.54 Å². The molecule has 0 saturated heterocycles. The standard InChI is InChI=1S/C16H23BrN4/c1-5-7-18-10-13-8-14(6-2)19-15(9-13)21-12(4)16(17)11(3)20-21/h8-9,18H,5-7,10H2,1-4H3. The molecule has 5 heteroatoms. The van der Waals surface area contributed by atoms with E-state index in [4.69, 9.17) is 4.98 Å². The predicted octanol–water partition coefficient (Wildman–Crippen LogP) is 3.71. The summed E-state index contributed by atoms with van der Waals surface area (Å²) in [5.41, 5.74) is 4.43. The Balaban J connectivity index is 2.38. The van der Waals surface area contributed by atoms with Crippen molar-refractivity contribution < 1.29 is 0 Å². The van der Waals surface area contributed by atoms with Gasteiger partial charge < -0.3 is 5.32 Å². The Morgan fingerprint density at radius 1 is 1.24 bits per heavy atom. The van der Waals surface area contributed by atoms with Crippen LogP contribution in [-0.2, 0) is 13.0 Å². The Kier molecular flexibility index (Phi) is 5.53. The van der Waals surface area contributed by atoms with E-state index >= 15 is 0 Å². The third kappa shape index (κ3) is 3.71. The molecule has 0 aliphatic rings. The smallest absolute Gasteiger partial charge is 0.154 e. The molecule has 0 saturated carbocycles. The largest absolute Gasteiger partial charge is 0.313 e. The van der Waals surface area contributed by atoms with Gasteiger partial charge in [-0.15, -0.1) is 0 Å². The molecule has 2 heterocycles.